The van der Waals surface area contributed by atoms with E-state index in [9.17, 15) is 5.26 Å². The molecule has 102 valence electrons. The lowest BCUT2D eigenvalue weighted by atomic mass is 9.96. The molecule has 2 heterocycles. The largest absolute Gasteiger partial charge is 0.460 e. The maximum atomic E-state index is 9.41. The van der Waals surface area contributed by atoms with E-state index in [4.69, 9.17) is 4.42 Å². The topological polar surface area (TPSA) is 49.3 Å². The number of thiophene rings is 1. The third-order valence-electron chi connectivity index (χ3n) is 3.63. The number of nitriles is 1. The fourth-order valence-corrected chi connectivity index (χ4v) is 3.84. The Labute approximate surface area is 122 Å². The van der Waals surface area contributed by atoms with Crippen molar-refractivity contribution in [2.24, 2.45) is 4.99 Å². The second-order valence-corrected chi connectivity index (χ2v) is 6.19. The second kappa shape index (κ2) is 5.26. The fraction of sp³-hybridized carbons (Fsp3) is 0.375. The molecule has 1 aliphatic rings. The van der Waals surface area contributed by atoms with Crippen molar-refractivity contribution >= 4 is 22.0 Å². The van der Waals surface area contributed by atoms with Gasteiger partial charge < -0.3 is 4.42 Å². The van der Waals surface area contributed by atoms with Gasteiger partial charge in [0.2, 0.25) is 0 Å². The highest BCUT2D eigenvalue weighted by Gasteiger charge is 2.20. The summed E-state index contributed by atoms with van der Waals surface area (Å²) in [4.78, 5) is 5.98. The molecule has 0 fully saturated rings. The molecule has 3 rings (SSSR count). The molecule has 0 aliphatic heterocycles. The molecule has 0 radical (unpaired) electrons. The van der Waals surface area contributed by atoms with Crippen LogP contribution in [0.5, 0.6) is 0 Å². The third-order valence-corrected chi connectivity index (χ3v) is 4.82. The summed E-state index contributed by atoms with van der Waals surface area (Å²) in [6.07, 6.45) is 4.50. The number of fused-ring (bicyclic) bond motifs is 1. The minimum atomic E-state index is 0.771. The van der Waals surface area contributed by atoms with Crippen LogP contribution < -0.4 is 0 Å². The zero-order chi connectivity index (χ0) is 14.1. The van der Waals surface area contributed by atoms with Crippen LogP contribution in [0.1, 0.15) is 47.3 Å². The first-order valence-corrected chi connectivity index (χ1v) is 7.67. The van der Waals surface area contributed by atoms with E-state index >= 15 is 0 Å². The molecule has 0 aromatic carbocycles. The van der Waals surface area contributed by atoms with Crippen LogP contribution in [0.15, 0.2) is 21.5 Å². The molecule has 4 heteroatoms. The van der Waals surface area contributed by atoms with Crippen LogP contribution in [0.25, 0.3) is 0 Å². The first-order valence-electron chi connectivity index (χ1n) is 6.86. The van der Waals surface area contributed by atoms with E-state index in [1.807, 2.05) is 26.0 Å². The zero-order valence-corrected chi connectivity index (χ0v) is 12.5. The van der Waals surface area contributed by atoms with Crippen LogP contribution in [0.4, 0.5) is 5.00 Å². The van der Waals surface area contributed by atoms with E-state index in [1.165, 1.54) is 23.3 Å². The lowest BCUT2D eigenvalue weighted by molar-refractivity contribution is 0.525. The number of nitrogens with zero attached hydrogens (tertiary/aromatic N) is 2. The van der Waals surface area contributed by atoms with Gasteiger partial charge in [-0.3, -0.25) is 0 Å². The quantitative estimate of drug-likeness (QED) is 0.760. The molecular formula is C16H16N2OS. The predicted molar refractivity (Wildman–Crippen MR) is 81.0 cm³/mol. The zero-order valence-electron chi connectivity index (χ0n) is 11.7. The van der Waals surface area contributed by atoms with Crippen LogP contribution in [0.2, 0.25) is 0 Å². The van der Waals surface area contributed by atoms with Gasteiger partial charge in [-0.05, 0) is 57.2 Å². The average Bonchev–Trinajstić information content (AvgIpc) is 3.01. The Morgan fingerprint density at radius 3 is 2.85 bits per heavy atom. The van der Waals surface area contributed by atoms with Crippen molar-refractivity contribution < 1.29 is 4.42 Å². The van der Waals surface area contributed by atoms with Gasteiger partial charge in [-0.2, -0.15) is 5.26 Å². The van der Waals surface area contributed by atoms with Crippen LogP contribution in [-0.4, -0.2) is 5.71 Å². The molecule has 2 aromatic heterocycles. The average molecular weight is 284 g/mol. The van der Waals surface area contributed by atoms with Crippen LogP contribution in [0.3, 0.4) is 0 Å². The van der Waals surface area contributed by atoms with Crippen molar-refractivity contribution in [3.05, 3.63) is 39.7 Å². The van der Waals surface area contributed by atoms with Crippen molar-refractivity contribution in [2.75, 3.05) is 0 Å². The number of furan rings is 1. The van der Waals surface area contributed by atoms with Gasteiger partial charge in [0, 0.05) is 4.88 Å². The molecule has 0 atom stereocenters. The number of aryl methyl sites for hydroxylation is 2. The van der Waals surface area contributed by atoms with Gasteiger partial charge in [-0.1, -0.05) is 0 Å². The van der Waals surface area contributed by atoms with Gasteiger partial charge in [-0.25, -0.2) is 4.99 Å². The first kappa shape index (κ1) is 13.1. The number of hydrogen-bond donors (Lipinski definition) is 0. The Kier molecular flexibility index (Phi) is 3.45. The van der Waals surface area contributed by atoms with E-state index in [-0.39, 0.29) is 0 Å². The van der Waals surface area contributed by atoms with Crippen LogP contribution >= 0.6 is 11.3 Å². The third kappa shape index (κ3) is 2.30. The molecular weight excluding hydrogens is 268 g/mol. The summed E-state index contributed by atoms with van der Waals surface area (Å²) in [7, 11) is 0. The second-order valence-electron chi connectivity index (χ2n) is 5.11. The smallest absolute Gasteiger partial charge is 0.148 e. The molecule has 0 N–H and O–H groups in total. The molecule has 0 amide bonds. The summed E-state index contributed by atoms with van der Waals surface area (Å²) in [5.41, 5.74) is 2.83. The fourth-order valence-electron chi connectivity index (χ4n) is 2.58. The van der Waals surface area contributed by atoms with E-state index in [0.717, 1.165) is 40.6 Å². The Morgan fingerprint density at radius 2 is 2.15 bits per heavy atom. The number of rotatable bonds is 2. The van der Waals surface area contributed by atoms with Crippen molar-refractivity contribution in [2.45, 2.75) is 39.5 Å². The van der Waals surface area contributed by atoms with Gasteiger partial charge in [0.25, 0.3) is 0 Å². The molecule has 0 saturated carbocycles. The highest BCUT2D eigenvalue weighted by atomic mass is 32.1. The summed E-state index contributed by atoms with van der Waals surface area (Å²) in [6.45, 7) is 3.85. The Bertz CT molecular complexity index is 715. The normalized spacial score (nSPS) is 14.9. The van der Waals surface area contributed by atoms with Gasteiger partial charge >= 0.3 is 0 Å². The molecule has 0 saturated heterocycles. The van der Waals surface area contributed by atoms with Crippen molar-refractivity contribution in [3.8, 4) is 6.07 Å². The van der Waals surface area contributed by atoms with E-state index in [1.54, 1.807) is 11.3 Å². The SMILES string of the molecule is CC(=Nc1sc2c(c1C#N)CCCC2)c1ccc(C)o1. The Morgan fingerprint density at radius 1 is 1.35 bits per heavy atom. The molecule has 1 aliphatic carbocycles. The number of hydrogen-bond acceptors (Lipinski definition) is 4. The maximum Gasteiger partial charge on any atom is 0.148 e. The Balaban J connectivity index is 2.02. The van der Waals surface area contributed by atoms with Gasteiger partial charge in [0.15, 0.2) is 0 Å². The molecule has 3 nitrogen and oxygen atoms in total. The lowest BCUT2D eigenvalue weighted by Crippen LogP contribution is -1.99. The van der Waals surface area contributed by atoms with E-state index in [2.05, 4.69) is 11.1 Å². The van der Waals surface area contributed by atoms with Crippen molar-refractivity contribution in [3.63, 3.8) is 0 Å². The molecule has 2 aromatic rings. The minimum absolute atomic E-state index is 0.771. The number of aliphatic imine (C=N–C) groups is 1. The summed E-state index contributed by atoms with van der Waals surface area (Å²) in [5.74, 6) is 1.65. The summed E-state index contributed by atoms with van der Waals surface area (Å²) in [5, 5.41) is 10.3. The molecule has 0 spiro atoms. The van der Waals surface area contributed by atoms with Crippen molar-refractivity contribution in [1.82, 2.24) is 0 Å². The van der Waals surface area contributed by atoms with Gasteiger partial charge in [-0.15, -0.1) is 11.3 Å². The van der Waals surface area contributed by atoms with E-state index in [0.29, 0.717) is 0 Å². The lowest BCUT2D eigenvalue weighted by Gasteiger charge is -2.09. The summed E-state index contributed by atoms with van der Waals surface area (Å²) >= 11 is 1.66. The highest BCUT2D eigenvalue weighted by Crippen LogP contribution is 2.39. The van der Waals surface area contributed by atoms with Crippen LogP contribution in [-0.2, 0) is 12.8 Å². The van der Waals surface area contributed by atoms with Gasteiger partial charge in [0.1, 0.15) is 22.6 Å². The predicted octanol–water partition coefficient (Wildman–Crippen LogP) is 4.54. The van der Waals surface area contributed by atoms with Crippen LogP contribution in [0, 0.1) is 18.3 Å². The minimum Gasteiger partial charge on any atom is -0.460 e. The van der Waals surface area contributed by atoms with E-state index < -0.39 is 0 Å². The van der Waals surface area contributed by atoms with Crippen molar-refractivity contribution in [1.29, 1.82) is 5.26 Å². The maximum absolute atomic E-state index is 9.41. The highest BCUT2D eigenvalue weighted by molar-refractivity contribution is 7.16. The first-order chi connectivity index (χ1) is 9.69. The molecule has 20 heavy (non-hydrogen) atoms. The molecule has 0 bridgehead atoms. The monoisotopic (exact) mass is 284 g/mol. The molecule has 0 unspecified atom stereocenters. The van der Waals surface area contributed by atoms with Gasteiger partial charge in [0.05, 0.1) is 11.3 Å². The summed E-state index contributed by atoms with van der Waals surface area (Å²) in [6, 6.07) is 6.19. The summed E-state index contributed by atoms with van der Waals surface area (Å²) < 4.78 is 5.58. The standard InChI is InChI=1S/C16H16N2OS/c1-10-7-8-14(19-10)11(2)18-16-13(9-17)12-5-3-4-6-15(12)20-16/h7-8H,3-6H2,1-2H3. The Hall–Kier alpha value is -1.86.